The van der Waals surface area contributed by atoms with Gasteiger partial charge in [-0.05, 0) is 36.8 Å². The minimum absolute atomic E-state index is 0.146. The van der Waals surface area contributed by atoms with Gasteiger partial charge in [-0.2, -0.15) is 0 Å². The Morgan fingerprint density at radius 1 is 1.20 bits per heavy atom. The van der Waals surface area contributed by atoms with Crippen molar-refractivity contribution in [1.29, 1.82) is 0 Å². The predicted octanol–water partition coefficient (Wildman–Crippen LogP) is 1.57. The molecule has 1 unspecified atom stereocenters. The molecule has 1 aliphatic heterocycles. The van der Waals surface area contributed by atoms with E-state index in [9.17, 15) is 17.6 Å². The van der Waals surface area contributed by atoms with Crippen LogP contribution in [0, 0.1) is 5.82 Å². The van der Waals surface area contributed by atoms with Crippen LogP contribution in [0.2, 0.25) is 0 Å². The zero-order valence-corrected chi connectivity index (χ0v) is 14.2. The first-order valence-corrected chi connectivity index (χ1v) is 9.07. The van der Waals surface area contributed by atoms with Crippen molar-refractivity contribution in [1.82, 2.24) is 10.0 Å². The van der Waals surface area contributed by atoms with Crippen LogP contribution in [0.3, 0.4) is 0 Å². The number of amidine groups is 1. The number of nitrogens with zero attached hydrogens (tertiary/aromatic N) is 1. The Morgan fingerprint density at radius 3 is 2.60 bits per heavy atom. The van der Waals surface area contributed by atoms with E-state index in [2.05, 4.69) is 15.0 Å². The molecule has 130 valence electrons. The van der Waals surface area contributed by atoms with Crippen LogP contribution in [0.4, 0.5) is 4.39 Å². The van der Waals surface area contributed by atoms with Crippen LogP contribution in [0.5, 0.6) is 0 Å². The zero-order valence-electron chi connectivity index (χ0n) is 13.4. The molecular weight excluding hydrogens is 345 g/mol. The van der Waals surface area contributed by atoms with Crippen LogP contribution in [0.15, 0.2) is 58.4 Å². The molecule has 1 atom stereocenters. The van der Waals surface area contributed by atoms with Gasteiger partial charge in [0.05, 0.1) is 4.90 Å². The van der Waals surface area contributed by atoms with Gasteiger partial charge in [0, 0.05) is 12.1 Å². The van der Waals surface area contributed by atoms with Gasteiger partial charge in [-0.15, -0.1) is 0 Å². The Bertz CT molecular complexity index is 940. The van der Waals surface area contributed by atoms with E-state index in [0.29, 0.717) is 5.56 Å². The number of sulfonamides is 1. The van der Waals surface area contributed by atoms with Gasteiger partial charge in [0.1, 0.15) is 17.7 Å². The highest BCUT2D eigenvalue weighted by Gasteiger charge is 2.31. The number of benzene rings is 2. The zero-order chi connectivity index (χ0) is 18.0. The maximum absolute atomic E-state index is 12.9. The number of hydrogen-bond donors (Lipinski definition) is 2. The summed E-state index contributed by atoms with van der Waals surface area (Å²) in [6, 6.07) is 11.4. The molecule has 0 aliphatic carbocycles. The predicted molar refractivity (Wildman–Crippen MR) is 91.0 cm³/mol. The van der Waals surface area contributed by atoms with Crippen molar-refractivity contribution in [2.45, 2.75) is 24.4 Å². The molecule has 0 bridgehead atoms. The highest BCUT2D eigenvalue weighted by Crippen LogP contribution is 2.22. The average molecular weight is 361 g/mol. The summed E-state index contributed by atoms with van der Waals surface area (Å²) in [6.45, 7) is 1.80. The molecule has 0 fully saturated rings. The normalized spacial score (nSPS) is 17.6. The number of amides is 1. The molecule has 0 radical (unpaired) electrons. The number of rotatable bonds is 4. The Balaban J connectivity index is 1.71. The van der Waals surface area contributed by atoms with Gasteiger partial charge in [0.2, 0.25) is 5.91 Å². The maximum atomic E-state index is 12.9. The molecule has 1 amide bonds. The lowest BCUT2D eigenvalue weighted by Gasteiger charge is -2.10. The summed E-state index contributed by atoms with van der Waals surface area (Å²) in [5.74, 6) is -0.553. The first-order valence-electron chi connectivity index (χ1n) is 7.59. The van der Waals surface area contributed by atoms with Gasteiger partial charge < -0.3 is 5.32 Å². The molecule has 3 rings (SSSR count). The van der Waals surface area contributed by atoms with Crippen LogP contribution in [0.1, 0.15) is 18.1 Å². The molecule has 0 aromatic heterocycles. The largest absolute Gasteiger partial charge is 0.350 e. The van der Waals surface area contributed by atoms with Gasteiger partial charge in [-0.3, -0.25) is 14.5 Å². The molecule has 0 saturated heterocycles. The fraction of sp³-hybridized carbons (Fsp3) is 0.176. The van der Waals surface area contributed by atoms with Gasteiger partial charge >= 0.3 is 0 Å². The van der Waals surface area contributed by atoms with Crippen LogP contribution in [-0.4, -0.2) is 26.2 Å². The summed E-state index contributed by atoms with van der Waals surface area (Å²) >= 11 is 0. The Morgan fingerprint density at radius 2 is 1.88 bits per heavy atom. The minimum atomic E-state index is -3.63. The van der Waals surface area contributed by atoms with Crippen molar-refractivity contribution < 1.29 is 17.6 Å². The summed E-state index contributed by atoms with van der Waals surface area (Å²) in [5, 5.41) is 2.69. The molecule has 1 aliphatic rings. The Hall–Kier alpha value is -2.74. The fourth-order valence-electron chi connectivity index (χ4n) is 2.42. The molecular formula is C17H16FN3O3S. The third kappa shape index (κ3) is 3.69. The standard InChI is InChI=1S/C17H16FN3O3S/c1-11(17(22)19-10-12-6-8-13(18)9-7-12)20-16-14-4-2-3-5-15(14)25(23,24)21-16/h2-9,11H,10H2,1H3,(H,19,22)(H,20,21). The fourth-order valence-corrected chi connectivity index (χ4v) is 3.66. The first kappa shape index (κ1) is 17.1. The quantitative estimate of drug-likeness (QED) is 0.866. The van der Waals surface area contributed by atoms with Crippen LogP contribution in [0.25, 0.3) is 0 Å². The van der Waals surface area contributed by atoms with Crippen molar-refractivity contribution in [3.05, 3.63) is 65.5 Å². The highest BCUT2D eigenvalue weighted by molar-refractivity contribution is 7.90. The van der Waals surface area contributed by atoms with E-state index < -0.39 is 16.1 Å². The second-order valence-corrected chi connectivity index (χ2v) is 7.25. The van der Waals surface area contributed by atoms with E-state index in [4.69, 9.17) is 0 Å². The number of hydrogen-bond acceptors (Lipinski definition) is 4. The number of nitrogens with one attached hydrogen (secondary N) is 2. The third-order valence-electron chi connectivity index (χ3n) is 3.74. The molecule has 1 heterocycles. The summed E-state index contributed by atoms with van der Waals surface area (Å²) < 4.78 is 39.3. The monoisotopic (exact) mass is 361 g/mol. The SMILES string of the molecule is CC(N=C1NS(=O)(=O)c2ccccc21)C(=O)NCc1ccc(F)cc1. The molecule has 0 saturated carbocycles. The topological polar surface area (TPSA) is 87.6 Å². The lowest BCUT2D eigenvalue weighted by Crippen LogP contribution is -2.33. The number of carbonyl (C=O) groups is 1. The van der Waals surface area contributed by atoms with Crippen molar-refractivity contribution in [2.75, 3.05) is 0 Å². The Labute approximate surface area is 144 Å². The van der Waals surface area contributed by atoms with Gasteiger partial charge in [0.25, 0.3) is 10.0 Å². The summed E-state index contributed by atoms with van der Waals surface area (Å²) in [7, 11) is -3.63. The number of aliphatic imine (C=N–C) groups is 1. The van der Waals surface area contributed by atoms with E-state index in [1.54, 1.807) is 37.3 Å². The van der Waals surface area contributed by atoms with E-state index in [1.165, 1.54) is 18.2 Å². The van der Waals surface area contributed by atoms with E-state index in [-0.39, 0.29) is 29.0 Å². The first-order chi connectivity index (χ1) is 11.9. The van der Waals surface area contributed by atoms with Crippen molar-refractivity contribution in [3.8, 4) is 0 Å². The van der Waals surface area contributed by atoms with Gasteiger partial charge in [-0.1, -0.05) is 24.3 Å². The maximum Gasteiger partial charge on any atom is 0.263 e. The smallest absolute Gasteiger partial charge is 0.263 e. The number of fused-ring (bicyclic) bond motifs is 1. The second-order valence-electron chi connectivity index (χ2n) is 5.60. The number of carbonyl (C=O) groups excluding carboxylic acids is 1. The Kier molecular flexibility index (Phi) is 4.54. The molecule has 0 spiro atoms. The minimum Gasteiger partial charge on any atom is -0.350 e. The van der Waals surface area contributed by atoms with Gasteiger partial charge in [0.15, 0.2) is 0 Å². The lowest BCUT2D eigenvalue weighted by molar-refractivity contribution is -0.122. The molecule has 6 nitrogen and oxygen atoms in total. The molecule has 8 heteroatoms. The van der Waals surface area contributed by atoms with Crippen molar-refractivity contribution in [3.63, 3.8) is 0 Å². The van der Waals surface area contributed by atoms with Crippen LogP contribution >= 0.6 is 0 Å². The summed E-state index contributed by atoms with van der Waals surface area (Å²) in [6.07, 6.45) is 0. The second kappa shape index (κ2) is 6.64. The van der Waals surface area contributed by atoms with Crippen LogP contribution < -0.4 is 10.0 Å². The average Bonchev–Trinajstić information content (AvgIpc) is 2.85. The third-order valence-corrected chi connectivity index (χ3v) is 5.14. The summed E-state index contributed by atoms with van der Waals surface area (Å²) in [4.78, 5) is 16.5. The van der Waals surface area contributed by atoms with Crippen molar-refractivity contribution >= 4 is 21.8 Å². The van der Waals surface area contributed by atoms with E-state index in [0.717, 1.165) is 5.56 Å². The number of halogens is 1. The lowest BCUT2D eigenvalue weighted by atomic mass is 10.2. The summed E-state index contributed by atoms with van der Waals surface area (Å²) in [5.41, 5.74) is 1.20. The molecule has 2 aromatic carbocycles. The van der Waals surface area contributed by atoms with E-state index in [1.807, 2.05) is 0 Å². The molecule has 2 aromatic rings. The highest BCUT2D eigenvalue weighted by atomic mass is 32.2. The van der Waals surface area contributed by atoms with Crippen molar-refractivity contribution in [2.24, 2.45) is 4.99 Å². The molecule has 2 N–H and O–H groups in total. The van der Waals surface area contributed by atoms with E-state index >= 15 is 0 Å². The van der Waals surface area contributed by atoms with Gasteiger partial charge in [-0.25, -0.2) is 12.8 Å². The van der Waals surface area contributed by atoms with Crippen LogP contribution in [-0.2, 0) is 21.4 Å². The molecule has 25 heavy (non-hydrogen) atoms.